The van der Waals surface area contributed by atoms with Gasteiger partial charge in [0, 0.05) is 13.7 Å². The van der Waals surface area contributed by atoms with Gasteiger partial charge in [0.1, 0.15) is 0 Å². The fraction of sp³-hybridized carbons (Fsp3) is 0.581. The van der Waals surface area contributed by atoms with Crippen molar-refractivity contribution < 1.29 is 29.6 Å². The molecule has 5 rings (SSSR count). The zero-order valence-corrected chi connectivity index (χ0v) is 27.0. The summed E-state index contributed by atoms with van der Waals surface area (Å²) in [6.45, 7) is 3.27. The first kappa shape index (κ1) is 31.7. The Labute approximate surface area is 256 Å². The number of primary amides is 1. The molecular formula is C31H44BN4O6P. The van der Waals surface area contributed by atoms with Crippen molar-refractivity contribution in [3.8, 4) is 5.75 Å². The number of anilines is 1. The van der Waals surface area contributed by atoms with Crippen LogP contribution < -0.4 is 10.6 Å². The fourth-order valence-electron chi connectivity index (χ4n) is 8.08. The van der Waals surface area contributed by atoms with Crippen molar-refractivity contribution in [3.63, 3.8) is 0 Å². The molecule has 1 aliphatic heterocycles. The number of carbonyl (C=O) groups is 2. The Hall–Kier alpha value is -2.72. The van der Waals surface area contributed by atoms with E-state index in [0.29, 0.717) is 25.3 Å². The van der Waals surface area contributed by atoms with E-state index in [9.17, 15) is 24.9 Å². The number of hydrogen-bond donors (Lipinski definition) is 4. The first-order valence-corrected chi connectivity index (χ1v) is 15.4. The standard InChI is InChI=1S/C31H44BN4O6P/c1-34(2)24-17(13-36-8-6-15(7-9-36)14-42-5)12-20(37)22-18(24)10-16-11-19-25(35(3)4)27(39)23(30(33)41)28(32)31(19,43)29(40)21(16)26(22)38/h12,15-16,19,25,32,37,39-40H,6-11,13-14,43H2,1-5H3,(H2,33,41)/t16-,19-,25?,31+/m0/s1. The second-order valence-electron chi connectivity index (χ2n) is 13.0. The summed E-state index contributed by atoms with van der Waals surface area (Å²) in [5.41, 5.74) is 8.76. The number of phenols is 1. The molecule has 2 unspecified atom stereocenters. The Morgan fingerprint density at radius 3 is 2.42 bits per heavy atom. The van der Waals surface area contributed by atoms with Gasteiger partial charge in [0.05, 0.1) is 0 Å². The van der Waals surface area contributed by atoms with Crippen LogP contribution >= 0.6 is 9.24 Å². The van der Waals surface area contributed by atoms with Crippen LogP contribution in [0.4, 0.5) is 5.69 Å². The molecule has 0 aromatic heterocycles. The molecule has 4 aliphatic rings. The van der Waals surface area contributed by atoms with E-state index in [1.54, 1.807) is 32.2 Å². The number of fused-ring (bicyclic) bond motifs is 3. The molecule has 5 N–H and O–H groups in total. The van der Waals surface area contributed by atoms with E-state index in [2.05, 4.69) is 21.6 Å². The third-order valence-electron chi connectivity index (χ3n) is 10.0. The van der Waals surface area contributed by atoms with Crippen molar-refractivity contribution in [2.24, 2.45) is 23.5 Å². The summed E-state index contributed by atoms with van der Waals surface area (Å²) < 4.78 is 5.35. The van der Waals surface area contributed by atoms with Crippen LogP contribution in [0.25, 0.3) is 0 Å². The van der Waals surface area contributed by atoms with Crippen LogP contribution in [-0.4, -0.2) is 116 Å². The Bertz CT molecular complexity index is 1430. The van der Waals surface area contributed by atoms with Gasteiger partial charge in [-0.15, -0.1) is 0 Å². The minimum atomic E-state index is -1.29. The van der Waals surface area contributed by atoms with Gasteiger partial charge in [-0.2, -0.15) is 0 Å². The number of nitrogens with two attached hydrogens (primary N) is 1. The number of phenolic OH excluding ortho intramolecular Hbond substituents is 1. The molecule has 1 fully saturated rings. The minimum absolute atomic E-state index is 0.0995. The van der Waals surface area contributed by atoms with Crippen LogP contribution in [0.1, 0.15) is 40.7 Å². The summed E-state index contributed by atoms with van der Waals surface area (Å²) in [5.74, 6) is -1.98. The van der Waals surface area contributed by atoms with Crippen LogP contribution in [0.3, 0.4) is 0 Å². The van der Waals surface area contributed by atoms with Crippen molar-refractivity contribution in [1.29, 1.82) is 0 Å². The molecule has 10 nitrogen and oxygen atoms in total. The first-order chi connectivity index (χ1) is 20.2. The number of Topliss-reactive ketones (excluding diaryl/α,β-unsaturated/α-hetero) is 1. The maximum atomic E-state index is 14.3. The van der Waals surface area contributed by atoms with Gasteiger partial charge < -0.3 is 4.74 Å². The van der Waals surface area contributed by atoms with E-state index in [-0.39, 0.29) is 45.4 Å². The summed E-state index contributed by atoms with van der Waals surface area (Å²) >= 11 is 0. The number of aromatic hydroxyl groups is 1. The van der Waals surface area contributed by atoms with E-state index < -0.39 is 28.8 Å². The molecule has 5 atom stereocenters. The van der Waals surface area contributed by atoms with Crippen molar-refractivity contribution >= 4 is 39.6 Å². The van der Waals surface area contributed by atoms with Crippen molar-refractivity contribution in [3.05, 3.63) is 45.4 Å². The molecule has 0 saturated carbocycles. The second kappa shape index (κ2) is 11.7. The number of carbonyl (C=O) groups excluding carboxylic acids is 2. The first-order valence-electron chi connectivity index (χ1n) is 14.9. The number of rotatable bonds is 7. The number of ether oxygens (including phenoxy) is 1. The van der Waals surface area contributed by atoms with Crippen LogP contribution in [0.15, 0.2) is 28.7 Å². The van der Waals surface area contributed by atoms with Crippen molar-refractivity contribution in [2.45, 2.75) is 43.4 Å². The number of benzene rings is 1. The maximum absolute atomic E-state index is 14.3. The summed E-state index contributed by atoms with van der Waals surface area (Å²) in [6, 6.07) is 1.06. The van der Waals surface area contributed by atoms with Crippen LogP contribution in [0.2, 0.25) is 0 Å². The molecular weight excluding hydrogens is 566 g/mol. The monoisotopic (exact) mass is 610 g/mol. The number of nitrogens with zero attached hydrogens (tertiary/aromatic N) is 3. The number of piperidine rings is 1. The third-order valence-corrected chi connectivity index (χ3v) is 11.1. The summed E-state index contributed by atoms with van der Waals surface area (Å²) in [4.78, 5) is 32.9. The average molecular weight is 611 g/mol. The van der Waals surface area contributed by atoms with E-state index in [4.69, 9.17) is 10.5 Å². The summed E-state index contributed by atoms with van der Waals surface area (Å²) in [7, 11) is 15.9. The third kappa shape index (κ3) is 5.02. The molecule has 1 amide bonds. The van der Waals surface area contributed by atoms with Gasteiger partial charge in [-0.1, -0.05) is 0 Å². The molecule has 43 heavy (non-hydrogen) atoms. The Morgan fingerprint density at radius 2 is 1.86 bits per heavy atom. The quantitative estimate of drug-likeness (QED) is 0.267. The summed E-state index contributed by atoms with van der Waals surface area (Å²) in [5, 5.41) is 33.2. The van der Waals surface area contributed by atoms with Gasteiger partial charge in [-0.25, -0.2) is 0 Å². The second-order valence-corrected chi connectivity index (χ2v) is 14.0. The van der Waals surface area contributed by atoms with E-state index in [1.807, 2.05) is 19.0 Å². The Balaban J connectivity index is 1.59. The molecule has 1 aromatic rings. The predicted octanol–water partition coefficient (Wildman–Crippen LogP) is 1.43. The number of likely N-dealkylation sites (tertiary alicyclic amines) is 1. The number of allylic oxidation sites excluding steroid dienone is 2. The molecule has 12 heteroatoms. The van der Waals surface area contributed by atoms with E-state index >= 15 is 0 Å². The fourth-order valence-corrected chi connectivity index (χ4v) is 8.69. The van der Waals surface area contributed by atoms with Gasteiger partial charge in [0.2, 0.25) is 0 Å². The molecule has 0 radical (unpaired) electrons. The molecule has 0 bridgehead atoms. The van der Waals surface area contributed by atoms with Gasteiger partial charge in [0.25, 0.3) is 0 Å². The van der Waals surface area contributed by atoms with Gasteiger partial charge in [-0.3, -0.25) is 0 Å². The van der Waals surface area contributed by atoms with Gasteiger partial charge in [-0.05, 0) is 18.8 Å². The van der Waals surface area contributed by atoms with Crippen LogP contribution in [0.5, 0.6) is 5.75 Å². The number of amides is 1. The Morgan fingerprint density at radius 1 is 1.21 bits per heavy atom. The molecule has 1 aromatic carbocycles. The van der Waals surface area contributed by atoms with Crippen LogP contribution in [0, 0.1) is 17.8 Å². The molecule has 3 aliphatic carbocycles. The van der Waals surface area contributed by atoms with E-state index in [1.165, 1.54) is 0 Å². The zero-order chi connectivity index (χ0) is 31.5. The molecule has 232 valence electrons. The number of likely N-dealkylation sites (N-methyl/N-ethyl adjacent to an activating group) is 1. The number of ketones is 1. The molecule has 0 spiro atoms. The van der Waals surface area contributed by atoms with E-state index in [0.717, 1.165) is 49.4 Å². The topological polar surface area (TPSA) is 140 Å². The number of methoxy groups -OCH3 is 1. The van der Waals surface area contributed by atoms with Crippen molar-refractivity contribution in [2.75, 3.05) is 59.9 Å². The van der Waals surface area contributed by atoms with Gasteiger partial charge >= 0.3 is 220 Å². The predicted molar refractivity (Wildman–Crippen MR) is 173 cm³/mol. The normalized spacial score (nSPS) is 28.2. The molecule has 1 heterocycles. The number of aliphatic hydroxyl groups excluding tert-OH is 2. The number of hydrogen-bond acceptors (Lipinski definition) is 9. The van der Waals surface area contributed by atoms with Gasteiger partial charge in [0.15, 0.2) is 0 Å². The summed E-state index contributed by atoms with van der Waals surface area (Å²) in [6.07, 6.45) is 2.97. The SMILES string of the molecule is B=C1C(C(N)=O)=C(O)C(N(C)C)[C@@H]2C[C@@H]3Cc4c(c(O)cc(CN5CCC(COC)CC5)c4N(C)C)C(=O)C3=C(O)[C@]12P. The average Bonchev–Trinajstić information content (AvgIpc) is 2.91. The van der Waals surface area contributed by atoms with Crippen LogP contribution in [-0.2, 0) is 22.5 Å². The molecule has 1 saturated heterocycles. The number of aliphatic hydroxyl groups is 2. The Kier molecular flexibility index (Phi) is 8.59. The van der Waals surface area contributed by atoms with Crippen molar-refractivity contribution in [1.82, 2.24) is 9.80 Å². The zero-order valence-electron chi connectivity index (χ0n) is 25.8.